The van der Waals surface area contributed by atoms with Gasteiger partial charge in [-0.25, -0.2) is 4.79 Å². The van der Waals surface area contributed by atoms with E-state index in [1.54, 1.807) is 18.2 Å². The van der Waals surface area contributed by atoms with Crippen molar-refractivity contribution in [3.8, 4) is 11.5 Å². The number of amides is 2. The number of benzene rings is 2. The molecule has 0 fully saturated rings. The summed E-state index contributed by atoms with van der Waals surface area (Å²) in [7, 11) is 1.54. The summed E-state index contributed by atoms with van der Waals surface area (Å²) >= 11 is 5.94. The molecule has 0 saturated heterocycles. The average molecular weight is 349 g/mol. The van der Waals surface area contributed by atoms with Crippen molar-refractivity contribution < 1.29 is 14.3 Å². The lowest BCUT2D eigenvalue weighted by molar-refractivity contribution is 0.252. The fourth-order valence-corrected chi connectivity index (χ4v) is 2.36. The third kappa shape index (κ3) is 5.35. The van der Waals surface area contributed by atoms with Crippen LogP contribution in [0.25, 0.3) is 0 Å². The number of carbonyl (C=O) groups excluding carboxylic acids is 1. The smallest absolute Gasteiger partial charge is 0.319 e. The number of rotatable bonds is 7. The molecule has 0 aromatic heterocycles. The highest BCUT2D eigenvalue weighted by molar-refractivity contribution is 6.31. The topological polar surface area (TPSA) is 59.6 Å². The molecule has 0 unspecified atom stereocenters. The normalized spacial score (nSPS) is 10.1. The lowest BCUT2D eigenvalue weighted by atomic mass is 10.1. The van der Waals surface area contributed by atoms with E-state index in [4.69, 9.17) is 21.1 Å². The first-order valence-electron chi connectivity index (χ1n) is 7.72. The molecule has 2 aromatic rings. The Kier molecular flexibility index (Phi) is 6.75. The van der Waals surface area contributed by atoms with Gasteiger partial charge >= 0.3 is 6.03 Å². The Morgan fingerprint density at radius 2 is 1.92 bits per heavy atom. The van der Waals surface area contributed by atoms with Crippen molar-refractivity contribution in [1.29, 1.82) is 0 Å². The van der Waals surface area contributed by atoms with Crippen molar-refractivity contribution in [2.75, 3.05) is 25.6 Å². The Morgan fingerprint density at radius 1 is 1.17 bits per heavy atom. The number of hydrogen-bond acceptors (Lipinski definition) is 3. The van der Waals surface area contributed by atoms with E-state index in [1.165, 1.54) is 7.11 Å². The maximum absolute atomic E-state index is 12.0. The molecule has 128 valence electrons. The van der Waals surface area contributed by atoms with Crippen LogP contribution >= 0.6 is 11.6 Å². The van der Waals surface area contributed by atoms with Crippen LogP contribution in [0.15, 0.2) is 42.5 Å². The van der Waals surface area contributed by atoms with E-state index in [-0.39, 0.29) is 6.03 Å². The summed E-state index contributed by atoms with van der Waals surface area (Å²) in [5.74, 6) is 1.40. The molecule has 5 nitrogen and oxygen atoms in total. The highest BCUT2D eigenvalue weighted by atomic mass is 35.5. The molecular formula is C18H21ClN2O3. The van der Waals surface area contributed by atoms with E-state index in [0.29, 0.717) is 29.6 Å². The number of methoxy groups -OCH3 is 1. The van der Waals surface area contributed by atoms with Crippen LogP contribution in [-0.2, 0) is 6.42 Å². The molecule has 2 amide bonds. The van der Waals surface area contributed by atoms with Crippen LogP contribution in [0.5, 0.6) is 11.5 Å². The first kappa shape index (κ1) is 17.9. The fourth-order valence-electron chi connectivity index (χ4n) is 2.18. The highest BCUT2D eigenvalue weighted by Gasteiger charge is 2.07. The Balaban J connectivity index is 1.82. The molecule has 0 radical (unpaired) electrons. The minimum Gasteiger partial charge on any atom is -0.495 e. The van der Waals surface area contributed by atoms with Crippen molar-refractivity contribution in [3.63, 3.8) is 0 Å². The maximum Gasteiger partial charge on any atom is 0.319 e. The predicted molar refractivity (Wildman–Crippen MR) is 96.3 cm³/mol. The monoisotopic (exact) mass is 348 g/mol. The van der Waals surface area contributed by atoms with Crippen molar-refractivity contribution in [1.82, 2.24) is 5.32 Å². The van der Waals surface area contributed by atoms with E-state index < -0.39 is 0 Å². The maximum atomic E-state index is 12.0. The lowest BCUT2D eigenvalue weighted by Crippen LogP contribution is -2.30. The molecule has 0 aliphatic carbocycles. The van der Waals surface area contributed by atoms with Crippen molar-refractivity contribution in [3.05, 3.63) is 53.1 Å². The minimum absolute atomic E-state index is 0.304. The van der Waals surface area contributed by atoms with Gasteiger partial charge in [0.25, 0.3) is 0 Å². The minimum atomic E-state index is -0.304. The molecular weight excluding hydrogens is 328 g/mol. The van der Waals surface area contributed by atoms with E-state index in [2.05, 4.69) is 10.6 Å². The summed E-state index contributed by atoms with van der Waals surface area (Å²) in [4.78, 5) is 12.0. The largest absolute Gasteiger partial charge is 0.495 e. The summed E-state index contributed by atoms with van der Waals surface area (Å²) < 4.78 is 10.6. The highest BCUT2D eigenvalue weighted by Crippen LogP contribution is 2.27. The second-order valence-electron chi connectivity index (χ2n) is 5.05. The van der Waals surface area contributed by atoms with Gasteiger partial charge in [0, 0.05) is 11.6 Å². The first-order chi connectivity index (χ1) is 11.6. The number of carbonyl (C=O) groups is 1. The summed E-state index contributed by atoms with van der Waals surface area (Å²) in [5, 5.41) is 6.07. The molecule has 0 bridgehead atoms. The van der Waals surface area contributed by atoms with E-state index in [0.717, 1.165) is 17.7 Å². The third-order valence-electron chi connectivity index (χ3n) is 3.34. The van der Waals surface area contributed by atoms with Gasteiger partial charge in [-0.1, -0.05) is 23.7 Å². The van der Waals surface area contributed by atoms with Gasteiger partial charge in [-0.05, 0) is 49.2 Å². The number of anilines is 1. The van der Waals surface area contributed by atoms with Crippen LogP contribution in [0.4, 0.5) is 10.5 Å². The van der Waals surface area contributed by atoms with Gasteiger partial charge in [-0.2, -0.15) is 0 Å². The second kappa shape index (κ2) is 9.03. The summed E-state index contributed by atoms with van der Waals surface area (Å²) in [6.07, 6.45) is 0.729. The van der Waals surface area contributed by atoms with Crippen LogP contribution in [0.1, 0.15) is 12.5 Å². The molecule has 2 aromatic carbocycles. The van der Waals surface area contributed by atoms with Crippen LogP contribution < -0.4 is 20.1 Å². The van der Waals surface area contributed by atoms with Gasteiger partial charge in [-0.15, -0.1) is 0 Å². The van der Waals surface area contributed by atoms with Crippen LogP contribution in [0, 0.1) is 0 Å². The zero-order chi connectivity index (χ0) is 17.4. The summed E-state index contributed by atoms with van der Waals surface area (Å²) in [6, 6.07) is 12.6. The molecule has 0 saturated carbocycles. The summed E-state index contributed by atoms with van der Waals surface area (Å²) in [6.45, 7) is 3.11. The molecule has 2 rings (SSSR count). The Labute approximate surface area is 146 Å². The number of urea groups is 1. The van der Waals surface area contributed by atoms with Crippen molar-refractivity contribution >= 4 is 23.3 Å². The second-order valence-corrected chi connectivity index (χ2v) is 5.49. The van der Waals surface area contributed by atoms with Gasteiger partial charge in [0.05, 0.1) is 19.4 Å². The van der Waals surface area contributed by atoms with E-state index in [1.807, 2.05) is 31.2 Å². The standard InChI is InChI=1S/C18H21ClN2O3/c1-3-24-15-7-4-13(5-8-15)10-11-20-18(22)21-16-12-14(19)6-9-17(16)23-2/h4-9,12H,3,10-11H2,1-2H3,(H2,20,21,22). The zero-order valence-electron chi connectivity index (χ0n) is 13.8. The molecule has 0 spiro atoms. The molecule has 0 aliphatic rings. The molecule has 2 N–H and O–H groups in total. The van der Waals surface area contributed by atoms with Crippen LogP contribution in [0.2, 0.25) is 5.02 Å². The zero-order valence-corrected chi connectivity index (χ0v) is 14.5. The lowest BCUT2D eigenvalue weighted by Gasteiger charge is -2.11. The van der Waals surface area contributed by atoms with Crippen LogP contribution in [0.3, 0.4) is 0 Å². The molecule has 6 heteroatoms. The summed E-state index contributed by atoms with van der Waals surface area (Å²) in [5.41, 5.74) is 1.66. The fraction of sp³-hybridized carbons (Fsp3) is 0.278. The van der Waals surface area contributed by atoms with E-state index >= 15 is 0 Å². The number of halogens is 1. The molecule has 0 aliphatic heterocycles. The third-order valence-corrected chi connectivity index (χ3v) is 3.58. The van der Waals surface area contributed by atoms with Crippen molar-refractivity contribution in [2.24, 2.45) is 0 Å². The SMILES string of the molecule is CCOc1ccc(CCNC(=O)Nc2cc(Cl)ccc2OC)cc1. The van der Waals surface area contributed by atoms with Crippen molar-refractivity contribution in [2.45, 2.75) is 13.3 Å². The Bertz CT molecular complexity index is 674. The van der Waals surface area contributed by atoms with Crippen LogP contribution in [-0.4, -0.2) is 26.3 Å². The molecule has 24 heavy (non-hydrogen) atoms. The molecule has 0 heterocycles. The number of hydrogen-bond donors (Lipinski definition) is 2. The quantitative estimate of drug-likeness (QED) is 0.791. The predicted octanol–water partition coefficient (Wildman–Crippen LogP) is 4.11. The van der Waals surface area contributed by atoms with Gasteiger partial charge < -0.3 is 20.1 Å². The van der Waals surface area contributed by atoms with Gasteiger partial charge in [0.2, 0.25) is 0 Å². The number of ether oxygens (including phenoxy) is 2. The van der Waals surface area contributed by atoms with Gasteiger partial charge in [-0.3, -0.25) is 0 Å². The number of nitrogens with one attached hydrogen (secondary N) is 2. The Hall–Kier alpha value is -2.40. The van der Waals surface area contributed by atoms with Gasteiger partial charge in [0.15, 0.2) is 0 Å². The average Bonchev–Trinajstić information content (AvgIpc) is 2.57. The van der Waals surface area contributed by atoms with E-state index in [9.17, 15) is 4.79 Å². The van der Waals surface area contributed by atoms with Gasteiger partial charge in [0.1, 0.15) is 11.5 Å². The Morgan fingerprint density at radius 3 is 2.58 bits per heavy atom. The first-order valence-corrected chi connectivity index (χ1v) is 8.10. The molecule has 0 atom stereocenters.